The number of allylic oxidation sites excluding steroid dienone is 2. The van der Waals surface area contributed by atoms with Gasteiger partial charge in [-0.2, -0.15) is 0 Å². The Morgan fingerprint density at radius 2 is 1.60 bits per heavy atom. The third-order valence-corrected chi connectivity index (χ3v) is 2.42. The van der Waals surface area contributed by atoms with Crippen LogP contribution in [0.1, 0.15) is 0 Å². The molecule has 0 aromatic rings. The minimum absolute atomic E-state index is 0.0625. The Balaban J connectivity index is 2.61. The van der Waals surface area contributed by atoms with E-state index in [2.05, 4.69) is 21.4 Å². The maximum absolute atomic E-state index is 2.28. The van der Waals surface area contributed by atoms with Gasteiger partial charge in [-0.15, -0.1) is 0 Å². The van der Waals surface area contributed by atoms with E-state index in [-0.39, 0.29) is 17.4 Å². The maximum atomic E-state index is 2.28. The molecule has 0 saturated heterocycles. The predicted molar refractivity (Wildman–Crippen MR) is 24.0 cm³/mol. The number of hydrogen-bond acceptors (Lipinski definition) is 0. The van der Waals surface area contributed by atoms with Crippen LogP contribution in [0.25, 0.3) is 0 Å². The van der Waals surface area contributed by atoms with Gasteiger partial charge in [0.25, 0.3) is 0 Å². The molecule has 0 fully saturated rings. The zero-order valence-electron chi connectivity index (χ0n) is 2.89. The van der Waals surface area contributed by atoms with Crippen molar-refractivity contribution in [3.05, 3.63) is 21.4 Å². The molecule has 1 heteroatoms. The summed E-state index contributed by atoms with van der Waals surface area (Å²) in [5.74, 6) is 0. The molecule has 0 aromatic heterocycles. The summed E-state index contributed by atoms with van der Waals surface area (Å²) in [4.78, 5) is 0. The van der Waals surface area contributed by atoms with Crippen molar-refractivity contribution in [1.82, 2.24) is 0 Å². The van der Waals surface area contributed by atoms with Crippen molar-refractivity contribution in [3.8, 4) is 0 Å². The summed E-state index contributed by atoms with van der Waals surface area (Å²) in [5.41, 5.74) is 0. The molecule has 0 saturated carbocycles. The van der Waals surface area contributed by atoms with E-state index < -0.39 is 0 Å². The predicted octanol–water partition coefficient (Wildman–Crippen LogP) is 0.732. The van der Waals surface area contributed by atoms with Crippen LogP contribution in [0.15, 0.2) is 21.4 Å². The molecule has 0 spiro atoms. The molecule has 1 aliphatic heterocycles. The first kappa shape index (κ1) is 3.31. The topological polar surface area (TPSA) is 0 Å². The Labute approximate surface area is 39.4 Å². The Morgan fingerprint density at radius 3 is 1.80 bits per heavy atom. The van der Waals surface area contributed by atoms with Crippen LogP contribution in [-0.4, -0.2) is 17.4 Å². The summed E-state index contributed by atoms with van der Waals surface area (Å²) in [5, 5.41) is 0. The third-order valence-electron chi connectivity index (χ3n) is 0.556. The molecule has 2 radical (unpaired) electrons. The van der Waals surface area contributed by atoms with Gasteiger partial charge in [0, 0.05) is 0 Å². The standard InChI is InChI=1S/C4H4.Ga/c1-3-4-2;/h1-4H;/q;-1. The molecule has 1 rings (SSSR count). The molecule has 0 atom stereocenters. The van der Waals surface area contributed by atoms with Gasteiger partial charge in [0.05, 0.1) is 0 Å². The van der Waals surface area contributed by atoms with E-state index in [0.717, 1.165) is 0 Å². The summed E-state index contributed by atoms with van der Waals surface area (Å²) in [6, 6.07) is 0. The molecule has 0 nitrogen and oxygen atoms in total. The summed E-state index contributed by atoms with van der Waals surface area (Å²) >= 11 is 0.0625. The van der Waals surface area contributed by atoms with Gasteiger partial charge >= 0.3 is 38.8 Å². The molecule has 0 unspecified atom stereocenters. The van der Waals surface area contributed by atoms with Crippen LogP contribution in [0.4, 0.5) is 0 Å². The monoisotopic (exact) mass is 121 g/mol. The molecule has 0 N–H and O–H groups in total. The zero-order valence-corrected chi connectivity index (χ0v) is 5.31. The van der Waals surface area contributed by atoms with Gasteiger partial charge in [-0.05, 0) is 0 Å². The second-order valence-electron chi connectivity index (χ2n) is 0.962. The normalized spacial score (nSPS) is 17.6. The molecule has 5 heavy (non-hydrogen) atoms. The zero-order chi connectivity index (χ0) is 3.54. The quantitative estimate of drug-likeness (QED) is 0.415. The van der Waals surface area contributed by atoms with Gasteiger partial charge in [-0.3, -0.25) is 0 Å². The average molecular weight is 122 g/mol. The Morgan fingerprint density at radius 1 is 1.00 bits per heavy atom. The first-order valence-electron chi connectivity index (χ1n) is 1.67. The molecule has 0 aliphatic carbocycles. The fraction of sp³-hybridized carbons (Fsp3) is 0. The van der Waals surface area contributed by atoms with Crippen LogP contribution in [0, 0.1) is 0 Å². The fourth-order valence-electron chi connectivity index (χ4n) is 0.321. The van der Waals surface area contributed by atoms with Gasteiger partial charge in [0.1, 0.15) is 0 Å². The number of rotatable bonds is 0. The van der Waals surface area contributed by atoms with Crippen molar-refractivity contribution in [2.45, 2.75) is 0 Å². The van der Waals surface area contributed by atoms with Crippen LogP contribution in [0.2, 0.25) is 0 Å². The van der Waals surface area contributed by atoms with Crippen molar-refractivity contribution in [3.63, 3.8) is 0 Å². The molecular weight excluding hydrogens is 118 g/mol. The van der Waals surface area contributed by atoms with Crippen molar-refractivity contribution in [2.24, 2.45) is 0 Å². The Hall–Kier alpha value is 0.116. The van der Waals surface area contributed by atoms with E-state index >= 15 is 0 Å². The van der Waals surface area contributed by atoms with E-state index in [1.165, 1.54) is 0 Å². The van der Waals surface area contributed by atoms with Gasteiger partial charge < -0.3 is 0 Å². The summed E-state index contributed by atoms with van der Waals surface area (Å²) < 4.78 is 4.56. The molecule has 1 aliphatic rings. The molecule has 0 amide bonds. The Bertz CT molecular complexity index is 61.7. The van der Waals surface area contributed by atoms with E-state index in [9.17, 15) is 0 Å². The fourth-order valence-corrected chi connectivity index (χ4v) is 1.67. The van der Waals surface area contributed by atoms with Crippen molar-refractivity contribution >= 4 is 17.4 Å². The van der Waals surface area contributed by atoms with E-state index in [1.54, 1.807) is 0 Å². The van der Waals surface area contributed by atoms with E-state index in [0.29, 0.717) is 0 Å². The van der Waals surface area contributed by atoms with Crippen molar-refractivity contribution in [1.29, 1.82) is 0 Å². The second-order valence-corrected chi connectivity index (χ2v) is 3.38. The second kappa shape index (κ2) is 1.53. The van der Waals surface area contributed by atoms with Crippen molar-refractivity contribution in [2.75, 3.05) is 0 Å². The van der Waals surface area contributed by atoms with Crippen LogP contribution in [-0.2, 0) is 0 Å². The van der Waals surface area contributed by atoms with Gasteiger partial charge in [-0.25, -0.2) is 0 Å². The van der Waals surface area contributed by atoms with Crippen LogP contribution < -0.4 is 0 Å². The van der Waals surface area contributed by atoms with E-state index in [1.807, 2.05) is 0 Å². The van der Waals surface area contributed by atoms with Crippen LogP contribution in [0.3, 0.4) is 0 Å². The van der Waals surface area contributed by atoms with Crippen LogP contribution in [0.5, 0.6) is 0 Å². The first-order valence-corrected chi connectivity index (χ1v) is 4.46. The average Bonchev–Trinajstić information content (AvgIpc) is 1.76. The van der Waals surface area contributed by atoms with Gasteiger partial charge in [0.2, 0.25) is 0 Å². The van der Waals surface area contributed by atoms with Gasteiger partial charge in [-0.1, -0.05) is 0 Å². The molecule has 0 aromatic carbocycles. The summed E-state index contributed by atoms with van der Waals surface area (Å²) in [7, 11) is 0. The minimum atomic E-state index is 0.0625. The van der Waals surface area contributed by atoms with Crippen molar-refractivity contribution < 1.29 is 0 Å². The summed E-state index contributed by atoms with van der Waals surface area (Å²) in [6.07, 6.45) is 4.25. The first-order chi connectivity index (χ1) is 2.50. The molecule has 0 bridgehead atoms. The molecule has 1 heterocycles. The molecule has 24 valence electrons. The molecular formula is C4H4Ga-. The summed E-state index contributed by atoms with van der Waals surface area (Å²) in [6.45, 7) is 0. The van der Waals surface area contributed by atoms with Crippen LogP contribution >= 0.6 is 0 Å². The third kappa shape index (κ3) is 0.704. The van der Waals surface area contributed by atoms with E-state index in [4.69, 9.17) is 0 Å². The Kier molecular flexibility index (Phi) is 1.01. The van der Waals surface area contributed by atoms with Gasteiger partial charge in [0.15, 0.2) is 0 Å². The SMILES string of the molecule is C1=[CH][Ga-][CH]=C1. The number of hydrogen-bond donors (Lipinski definition) is 0.